The van der Waals surface area contributed by atoms with Gasteiger partial charge in [0.05, 0.1) is 30.7 Å². The molecule has 0 saturated carbocycles. The molecule has 0 radical (unpaired) electrons. The van der Waals surface area contributed by atoms with Crippen LogP contribution in [0.15, 0.2) is 71.7 Å². The first-order valence-electron chi connectivity index (χ1n) is 15.8. The molecule has 3 aromatic rings. The van der Waals surface area contributed by atoms with E-state index in [2.05, 4.69) is 39.2 Å². The van der Waals surface area contributed by atoms with Gasteiger partial charge in [0.15, 0.2) is 5.84 Å². The zero-order valence-electron chi connectivity index (χ0n) is 25.4. The summed E-state index contributed by atoms with van der Waals surface area (Å²) in [7, 11) is 0. The number of ether oxygens (including phenoxy) is 2. The van der Waals surface area contributed by atoms with E-state index in [0.29, 0.717) is 35.6 Å². The van der Waals surface area contributed by atoms with Gasteiger partial charge in [0.2, 0.25) is 5.91 Å². The van der Waals surface area contributed by atoms with E-state index in [1.807, 2.05) is 56.3 Å². The molecule has 2 saturated heterocycles. The van der Waals surface area contributed by atoms with E-state index in [0.717, 1.165) is 67.2 Å². The van der Waals surface area contributed by atoms with E-state index in [1.54, 1.807) is 0 Å². The molecule has 0 N–H and O–H groups in total. The Morgan fingerprint density at radius 3 is 2.16 bits per heavy atom. The number of carbonyl (C=O) groups is 1. The largest absolute Gasteiger partial charge is 0.494 e. The first-order chi connectivity index (χ1) is 21.5. The second kappa shape index (κ2) is 13.8. The van der Waals surface area contributed by atoms with Crippen molar-refractivity contribution in [1.29, 1.82) is 0 Å². The number of aliphatic imine (C=N–C) groups is 1. The summed E-state index contributed by atoms with van der Waals surface area (Å²) in [6.45, 7) is 8.13. The number of likely N-dealkylation sites (tertiary alicyclic amines) is 1. The van der Waals surface area contributed by atoms with Gasteiger partial charge >= 0.3 is 0 Å². The summed E-state index contributed by atoms with van der Waals surface area (Å²) >= 11 is 12.7. The zero-order chi connectivity index (χ0) is 30.6. The average Bonchev–Trinajstić information content (AvgIpc) is 3.68. The molecule has 0 aromatic heterocycles. The van der Waals surface area contributed by atoms with Crippen LogP contribution >= 0.6 is 23.2 Å². The van der Waals surface area contributed by atoms with Gasteiger partial charge in [-0.25, -0.2) is 5.01 Å². The van der Waals surface area contributed by atoms with Crippen LogP contribution in [0.4, 0.5) is 0 Å². The highest BCUT2D eigenvalue weighted by molar-refractivity contribution is 6.30. The fourth-order valence-corrected chi connectivity index (χ4v) is 6.91. The number of halogens is 2. The molecular formula is C35H40Cl2N4O3. The van der Waals surface area contributed by atoms with E-state index < -0.39 is 0 Å². The summed E-state index contributed by atoms with van der Waals surface area (Å²) in [4.78, 5) is 21.2. The second-order valence-electron chi connectivity index (χ2n) is 11.6. The highest BCUT2D eigenvalue weighted by atomic mass is 35.5. The maximum absolute atomic E-state index is 13.6. The van der Waals surface area contributed by atoms with Gasteiger partial charge in [0.1, 0.15) is 17.5 Å². The van der Waals surface area contributed by atoms with Crippen LogP contribution in [0.2, 0.25) is 10.0 Å². The van der Waals surface area contributed by atoms with Crippen LogP contribution in [0.3, 0.4) is 0 Å². The first-order valence-corrected chi connectivity index (χ1v) is 16.5. The minimum Gasteiger partial charge on any atom is -0.494 e. The third kappa shape index (κ3) is 6.42. The number of amides is 1. The Balaban J connectivity index is 1.44. The summed E-state index contributed by atoms with van der Waals surface area (Å²) in [6.07, 6.45) is 4.18. The fourth-order valence-electron chi connectivity index (χ4n) is 6.66. The molecule has 3 atom stereocenters. The van der Waals surface area contributed by atoms with Crippen molar-refractivity contribution in [2.45, 2.75) is 51.6 Å². The van der Waals surface area contributed by atoms with Crippen LogP contribution in [0.25, 0.3) is 0 Å². The predicted molar refractivity (Wildman–Crippen MR) is 176 cm³/mol. The molecule has 0 aliphatic carbocycles. The number of piperidine rings is 1. The molecule has 2 fully saturated rings. The molecule has 232 valence electrons. The van der Waals surface area contributed by atoms with Gasteiger partial charge in [-0.15, -0.1) is 0 Å². The first kappa shape index (κ1) is 30.8. The number of hydrazine groups is 1. The lowest BCUT2D eigenvalue weighted by Gasteiger charge is -2.38. The molecule has 0 bridgehead atoms. The van der Waals surface area contributed by atoms with Crippen molar-refractivity contribution in [1.82, 2.24) is 14.9 Å². The quantitative estimate of drug-likeness (QED) is 0.243. The van der Waals surface area contributed by atoms with Crippen LogP contribution in [-0.2, 0) is 4.79 Å². The maximum Gasteiger partial charge on any atom is 0.227 e. The lowest BCUT2D eigenvalue weighted by Crippen LogP contribution is -2.47. The summed E-state index contributed by atoms with van der Waals surface area (Å²) in [6, 6.07) is 21.5. The Labute approximate surface area is 270 Å². The molecule has 0 spiro atoms. The fraction of sp³-hybridized carbons (Fsp3) is 0.429. The standard InChI is InChI=1S/C35H40Cl2N4O3/c1-3-43-29-16-17-30(31(22-29)44-4-2)34-38-32(24-8-12-27(36)13-9-24)33(25-10-14-28(37)15-11-25)41(34)40-21-18-26(23-40)35(42)39-19-6-5-7-20-39/h8-17,22,26,32-33H,3-7,18-21,23H2,1-2H3. The Bertz CT molecular complexity index is 1470. The van der Waals surface area contributed by atoms with Gasteiger partial charge in [0, 0.05) is 42.3 Å². The summed E-state index contributed by atoms with van der Waals surface area (Å²) < 4.78 is 12.0. The molecule has 6 rings (SSSR count). The number of amidine groups is 1. The minimum atomic E-state index is -0.235. The van der Waals surface area contributed by atoms with E-state index in [9.17, 15) is 4.79 Å². The number of rotatable bonds is 9. The van der Waals surface area contributed by atoms with Gasteiger partial charge in [-0.2, -0.15) is 0 Å². The summed E-state index contributed by atoms with van der Waals surface area (Å²) in [5, 5.41) is 6.00. The molecule has 3 aliphatic heterocycles. The Morgan fingerprint density at radius 2 is 1.50 bits per heavy atom. The highest BCUT2D eigenvalue weighted by Gasteiger charge is 2.45. The highest BCUT2D eigenvalue weighted by Crippen LogP contribution is 2.47. The van der Waals surface area contributed by atoms with Crippen LogP contribution in [0.5, 0.6) is 11.5 Å². The summed E-state index contributed by atoms with van der Waals surface area (Å²) in [5.41, 5.74) is 3.03. The molecule has 3 aliphatic rings. The van der Waals surface area contributed by atoms with Gasteiger partial charge in [-0.05, 0) is 87.1 Å². The van der Waals surface area contributed by atoms with Crippen molar-refractivity contribution in [3.63, 3.8) is 0 Å². The smallest absolute Gasteiger partial charge is 0.227 e. The Morgan fingerprint density at radius 1 is 0.841 bits per heavy atom. The van der Waals surface area contributed by atoms with Crippen LogP contribution in [-0.4, -0.2) is 66.1 Å². The van der Waals surface area contributed by atoms with Crippen molar-refractivity contribution in [3.05, 3.63) is 93.5 Å². The van der Waals surface area contributed by atoms with Gasteiger partial charge in [-0.3, -0.25) is 14.8 Å². The van der Waals surface area contributed by atoms with Gasteiger partial charge < -0.3 is 14.4 Å². The van der Waals surface area contributed by atoms with Gasteiger partial charge in [0.25, 0.3) is 0 Å². The van der Waals surface area contributed by atoms with Crippen molar-refractivity contribution >= 4 is 34.9 Å². The Hall–Kier alpha value is -3.26. The molecular weight excluding hydrogens is 595 g/mol. The third-order valence-electron chi connectivity index (χ3n) is 8.76. The number of carbonyl (C=O) groups excluding carboxylic acids is 1. The molecule has 3 heterocycles. The van der Waals surface area contributed by atoms with E-state index >= 15 is 0 Å². The number of nitrogens with zero attached hydrogens (tertiary/aromatic N) is 4. The molecule has 1 amide bonds. The zero-order valence-corrected chi connectivity index (χ0v) is 26.9. The van der Waals surface area contributed by atoms with Gasteiger partial charge in [-0.1, -0.05) is 47.5 Å². The van der Waals surface area contributed by atoms with Crippen LogP contribution < -0.4 is 9.47 Å². The summed E-state index contributed by atoms with van der Waals surface area (Å²) in [5.74, 6) is 2.50. The average molecular weight is 636 g/mol. The van der Waals surface area contributed by atoms with Crippen molar-refractivity contribution in [2.75, 3.05) is 39.4 Å². The van der Waals surface area contributed by atoms with Crippen LogP contribution in [0.1, 0.15) is 68.3 Å². The van der Waals surface area contributed by atoms with E-state index in [1.165, 1.54) is 6.42 Å². The van der Waals surface area contributed by atoms with Crippen molar-refractivity contribution in [2.24, 2.45) is 10.9 Å². The van der Waals surface area contributed by atoms with Crippen molar-refractivity contribution < 1.29 is 14.3 Å². The monoisotopic (exact) mass is 634 g/mol. The van der Waals surface area contributed by atoms with E-state index in [4.69, 9.17) is 37.7 Å². The lowest BCUT2D eigenvalue weighted by molar-refractivity contribution is -0.136. The lowest BCUT2D eigenvalue weighted by atomic mass is 9.94. The third-order valence-corrected chi connectivity index (χ3v) is 9.26. The SMILES string of the molecule is CCOc1ccc(C2=NC(c3ccc(Cl)cc3)C(c3ccc(Cl)cc3)N2N2CCC(C(=O)N3CCCCC3)C2)c(OCC)c1. The number of benzene rings is 3. The molecule has 44 heavy (non-hydrogen) atoms. The molecule has 3 aromatic carbocycles. The predicted octanol–water partition coefficient (Wildman–Crippen LogP) is 7.59. The van der Waals surface area contributed by atoms with Crippen molar-refractivity contribution in [3.8, 4) is 11.5 Å². The normalized spacial score (nSPS) is 22.3. The molecule has 7 nitrogen and oxygen atoms in total. The molecule has 3 unspecified atom stereocenters. The number of hydrogen-bond acceptors (Lipinski definition) is 6. The maximum atomic E-state index is 13.6. The van der Waals surface area contributed by atoms with E-state index in [-0.39, 0.29) is 23.9 Å². The number of hydrogen-bond donors (Lipinski definition) is 0. The minimum absolute atomic E-state index is 0.0542. The van der Waals surface area contributed by atoms with Crippen LogP contribution in [0, 0.1) is 5.92 Å². The Kier molecular flexibility index (Phi) is 9.65. The topological polar surface area (TPSA) is 57.6 Å². The second-order valence-corrected chi connectivity index (χ2v) is 12.5. The molecule has 9 heteroatoms.